The van der Waals surface area contributed by atoms with E-state index in [4.69, 9.17) is 4.42 Å². The van der Waals surface area contributed by atoms with Gasteiger partial charge in [0, 0.05) is 26.2 Å². The van der Waals surface area contributed by atoms with Crippen LogP contribution < -0.4 is 5.32 Å². The molecule has 0 aromatic carbocycles. The van der Waals surface area contributed by atoms with Gasteiger partial charge in [0.05, 0.1) is 11.3 Å². The summed E-state index contributed by atoms with van der Waals surface area (Å²) in [6, 6.07) is 3.97. The van der Waals surface area contributed by atoms with Crippen molar-refractivity contribution in [2.75, 3.05) is 13.6 Å². The molecular weight excluding hydrogens is 202 g/mol. The summed E-state index contributed by atoms with van der Waals surface area (Å²) in [4.78, 5) is 0. The smallest absolute Gasteiger partial charge is 0.137 e. The van der Waals surface area contributed by atoms with Gasteiger partial charge in [-0.05, 0) is 26.1 Å². The Labute approximate surface area is 95.3 Å². The van der Waals surface area contributed by atoms with Crippen molar-refractivity contribution in [3.8, 4) is 11.3 Å². The zero-order chi connectivity index (χ0) is 11.5. The lowest BCUT2D eigenvalue weighted by Crippen LogP contribution is -2.11. The maximum absolute atomic E-state index is 5.63. The summed E-state index contributed by atoms with van der Waals surface area (Å²) in [5.74, 6) is 1.83. The van der Waals surface area contributed by atoms with Crippen molar-refractivity contribution in [3.05, 3.63) is 29.8 Å². The average molecular weight is 219 g/mol. The Balaban J connectivity index is 2.32. The fourth-order valence-corrected chi connectivity index (χ4v) is 1.75. The van der Waals surface area contributed by atoms with Gasteiger partial charge >= 0.3 is 0 Å². The normalized spacial score (nSPS) is 10.9. The molecule has 4 heteroatoms. The van der Waals surface area contributed by atoms with Gasteiger partial charge in [-0.25, -0.2) is 0 Å². The van der Waals surface area contributed by atoms with Crippen LogP contribution in [0.5, 0.6) is 0 Å². The number of furan rings is 1. The van der Waals surface area contributed by atoms with E-state index in [-0.39, 0.29) is 0 Å². The van der Waals surface area contributed by atoms with E-state index in [1.807, 2.05) is 44.0 Å². The third kappa shape index (κ3) is 2.17. The van der Waals surface area contributed by atoms with Crippen molar-refractivity contribution < 1.29 is 4.42 Å². The fourth-order valence-electron chi connectivity index (χ4n) is 1.75. The SMILES string of the molecule is CNCCc1nn(C)cc1-c1ccc(C)o1. The highest BCUT2D eigenvalue weighted by Crippen LogP contribution is 2.24. The lowest BCUT2D eigenvalue weighted by Gasteiger charge is -1.98. The Bertz CT molecular complexity index is 470. The van der Waals surface area contributed by atoms with Crippen LogP contribution in [0.15, 0.2) is 22.7 Å². The molecule has 0 spiro atoms. The minimum absolute atomic E-state index is 0.900. The van der Waals surface area contributed by atoms with Crippen LogP contribution in [0.3, 0.4) is 0 Å². The van der Waals surface area contributed by atoms with Crippen molar-refractivity contribution in [2.45, 2.75) is 13.3 Å². The van der Waals surface area contributed by atoms with E-state index in [1.54, 1.807) is 0 Å². The first-order chi connectivity index (χ1) is 7.70. The third-order valence-corrected chi connectivity index (χ3v) is 2.52. The molecule has 0 amide bonds. The van der Waals surface area contributed by atoms with Crippen LogP contribution in [0.4, 0.5) is 0 Å². The molecule has 0 radical (unpaired) electrons. The van der Waals surface area contributed by atoms with Gasteiger partial charge < -0.3 is 9.73 Å². The van der Waals surface area contributed by atoms with Crippen LogP contribution in [-0.2, 0) is 13.5 Å². The molecule has 4 nitrogen and oxygen atoms in total. The van der Waals surface area contributed by atoms with Crippen molar-refractivity contribution in [1.82, 2.24) is 15.1 Å². The zero-order valence-corrected chi connectivity index (χ0v) is 9.95. The lowest BCUT2D eigenvalue weighted by molar-refractivity contribution is 0.547. The highest BCUT2D eigenvalue weighted by atomic mass is 16.3. The quantitative estimate of drug-likeness (QED) is 0.852. The number of aryl methyl sites for hydroxylation is 2. The van der Waals surface area contributed by atoms with Crippen molar-refractivity contribution in [3.63, 3.8) is 0 Å². The highest BCUT2D eigenvalue weighted by Gasteiger charge is 2.12. The van der Waals surface area contributed by atoms with Gasteiger partial charge in [-0.2, -0.15) is 5.10 Å². The van der Waals surface area contributed by atoms with Crippen LogP contribution in [0.2, 0.25) is 0 Å². The van der Waals surface area contributed by atoms with Gasteiger partial charge in [-0.3, -0.25) is 4.68 Å². The Hall–Kier alpha value is -1.55. The van der Waals surface area contributed by atoms with Crippen molar-refractivity contribution >= 4 is 0 Å². The van der Waals surface area contributed by atoms with Gasteiger partial charge in [-0.15, -0.1) is 0 Å². The van der Waals surface area contributed by atoms with E-state index in [0.717, 1.165) is 35.7 Å². The molecule has 0 aliphatic heterocycles. The van der Waals surface area contributed by atoms with E-state index in [1.165, 1.54) is 0 Å². The molecule has 0 bridgehead atoms. The molecule has 2 aromatic rings. The summed E-state index contributed by atoms with van der Waals surface area (Å²) in [7, 11) is 3.88. The highest BCUT2D eigenvalue weighted by molar-refractivity contribution is 5.59. The summed E-state index contributed by atoms with van der Waals surface area (Å²) < 4.78 is 7.46. The number of aromatic nitrogens is 2. The second-order valence-corrected chi connectivity index (χ2v) is 3.93. The molecule has 0 aliphatic rings. The monoisotopic (exact) mass is 219 g/mol. The summed E-state index contributed by atoms with van der Waals surface area (Å²) >= 11 is 0. The molecule has 0 saturated heterocycles. The van der Waals surface area contributed by atoms with Crippen LogP contribution >= 0.6 is 0 Å². The van der Waals surface area contributed by atoms with E-state index in [0.29, 0.717) is 0 Å². The summed E-state index contributed by atoms with van der Waals surface area (Å²) in [5.41, 5.74) is 2.16. The summed E-state index contributed by atoms with van der Waals surface area (Å²) in [6.45, 7) is 2.87. The largest absolute Gasteiger partial charge is 0.461 e. The molecule has 0 saturated carbocycles. The number of hydrogen-bond acceptors (Lipinski definition) is 3. The second kappa shape index (κ2) is 4.53. The molecular formula is C12H17N3O. The van der Waals surface area contributed by atoms with Gasteiger partial charge in [0.2, 0.25) is 0 Å². The molecule has 86 valence electrons. The van der Waals surface area contributed by atoms with Crippen LogP contribution in [0, 0.1) is 6.92 Å². The molecule has 2 heterocycles. The maximum Gasteiger partial charge on any atom is 0.137 e. The molecule has 0 fully saturated rings. The number of rotatable bonds is 4. The molecule has 2 rings (SSSR count). The van der Waals surface area contributed by atoms with E-state index in [2.05, 4.69) is 10.4 Å². The van der Waals surface area contributed by atoms with Gasteiger partial charge in [0.25, 0.3) is 0 Å². The number of nitrogens with zero attached hydrogens (tertiary/aromatic N) is 2. The van der Waals surface area contributed by atoms with Crippen LogP contribution in [0.25, 0.3) is 11.3 Å². The number of nitrogens with one attached hydrogen (secondary N) is 1. The molecule has 0 atom stereocenters. The fraction of sp³-hybridized carbons (Fsp3) is 0.417. The average Bonchev–Trinajstić information content (AvgIpc) is 2.81. The van der Waals surface area contributed by atoms with Gasteiger partial charge in [0.15, 0.2) is 0 Å². The predicted octanol–water partition coefficient (Wildman–Crippen LogP) is 1.75. The summed E-state index contributed by atoms with van der Waals surface area (Å²) in [6.07, 6.45) is 2.91. The first-order valence-electron chi connectivity index (χ1n) is 5.44. The predicted molar refractivity (Wildman–Crippen MR) is 63.3 cm³/mol. The van der Waals surface area contributed by atoms with Crippen molar-refractivity contribution in [1.29, 1.82) is 0 Å². The van der Waals surface area contributed by atoms with Crippen molar-refractivity contribution in [2.24, 2.45) is 7.05 Å². The molecule has 2 aromatic heterocycles. The molecule has 1 N–H and O–H groups in total. The Morgan fingerprint density at radius 3 is 2.88 bits per heavy atom. The maximum atomic E-state index is 5.63. The number of hydrogen-bond donors (Lipinski definition) is 1. The lowest BCUT2D eigenvalue weighted by atomic mass is 10.1. The molecule has 0 aliphatic carbocycles. The van der Waals surface area contributed by atoms with E-state index >= 15 is 0 Å². The zero-order valence-electron chi connectivity index (χ0n) is 9.95. The molecule has 0 unspecified atom stereocenters. The third-order valence-electron chi connectivity index (χ3n) is 2.52. The summed E-state index contributed by atoms with van der Waals surface area (Å²) in [5, 5.41) is 7.58. The minimum Gasteiger partial charge on any atom is -0.461 e. The molecule has 16 heavy (non-hydrogen) atoms. The minimum atomic E-state index is 0.900. The topological polar surface area (TPSA) is 43.0 Å². The number of likely N-dealkylation sites (N-methyl/N-ethyl adjacent to an activating group) is 1. The standard InChI is InChI=1S/C12H17N3O/c1-9-4-5-12(16-9)10-8-15(3)14-11(10)6-7-13-2/h4-5,8,13H,6-7H2,1-3H3. The first-order valence-corrected chi connectivity index (χ1v) is 5.44. The second-order valence-electron chi connectivity index (χ2n) is 3.93. The first kappa shape index (κ1) is 11.0. The van der Waals surface area contributed by atoms with E-state index in [9.17, 15) is 0 Å². The van der Waals surface area contributed by atoms with Crippen LogP contribution in [-0.4, -0.2) is 23.4 Å². The van der Waals surface area contributed by atoms with E-state index < -0.39 is 0 Å². The Morgan fingerprint density at radius 1 is 1.44 bits per heavy atom. The van der Waals surface area contributed by atoms with Gasteiger partial charge in [0.1, 0.15) is 11.5 Å². The Morgan fingerprint density at radius 2 is 2.25 bits per heavy atom. The van der Waals surface area contributed by atoms with Gasteiger partial charge in [-0.1, -0.05) is 0 Å². The Kier molecular flexibility index (Phi) is 3.10. The van der Waals surface area contributed by atoms with Crippen LogP contribution in [0.1, 0.15) is 11.5 Å².